The van der Waals surface area contributed by atoms with Crippen molar-refractivity contribution in [3.8, 4) is 5.75 Å². The molecule has 0 radical (unpaired) electrons. The first-order valence-electron chi connectivity index (χ1n) is 6.78. The van der Waals surface area contributed by atoms with E-state index in [1.807, 2.05) is 36.4 Å². The van der Waals surface area contributed by atoms with Crippen molar-refractivity contribution in [3.05, 3.63) is 64.7 Å². The number of thiol groups is 1. The third-order valence-corrected chi connectivity index (χ3v) is 3.44. The number of ether oxygens (including phenoxy) is 1. The summed E-state index contributed by atoms with van der Waals surface area (Å²) >= 11 is 10.3. The van der Waals surface area contributed by atoms with Gasteiger partial charge >= 0.3 is 0 Å². The molecule has 1 unspecified atom stereocenters. The number of halogens is 1. The first-order valence-corrected chi connectivity index (χ1v) is 7.67. The largest absolute Gasteiger partial charge is 0.493 e. The van der Waals surface area contributed by atoms with E-state index in [2.05, 4.69) is 31.7 Å². The number of rotatable bonds is 6. The van der Waals surface area contributed by atoms with Gasteiger partial charge in [-0.3, -0.25) is 0 Å². The monoisotopic (exact) mass is 306 g/mol. The summed E-state index contributed by atoms with van der Waals surface area (Å²) in [5.41, 5.74) is 2.49. The lowest BCUT2D eigenvalue weighted by atomic mass is 10.1. The lowest BCUT2D eigenvalue weighted by Gasteiger charge is -2.09. The van der Waals surface area contributed by atoms with Gasteiger partial charge in [-0.25, -0.2) is 0 Å². The van der Waals surface area contributed by atoms with Gasteiger partial charge in [-0.2, -0.15) is 12.6 Å². The summed E-state index contributed by atoms with van der Waals surface area (Å²) in [6.07, 6.45) is 1.84. The molecule has 1 nitrogen and oxygen atoms in total. The zero-order valence-corrected chi connectivity index (χ0v) is 13.2. The predicted octanol–water partition coefficient (Wildman–Crippen LogP) is 4.82. The van der Waals surface area contributed by atoms with Gasteiger partial charge in [0, 0.05) is 16.7 Å². The van der Waals surface area contributed by atoms with Crippen molar-refractivity contribution in [2.45, 2.75) is 25.0 Å². The zero-order valence-electron chi connectivity index (χ0n) is 11.6. The van der Waals surface area contributed by atoms with E-state index in [0.717, 1.165) is 23.6 Å². The van der Waals surface area contributed by atoms with Crippen LogP contribution in [0.15, 0.2) is 48.5 Å². The molecule has 0 saturated carbocycles. The second-order valence-electron chi connectivity index (χ2n) is 4.93. The van der Waals surface area contributed by atoms with Gasteiger partial charge in [-0.1, -0.05) is 42.8 Å². The molecule has 20 heavy (non-hydrogen) atoms. The maximum absolute atomic E-state index is 5.86. The Morgan fingerprint density at radius 1 is 1.10 bits per heavy atom. The van der Waals surface area contributed by atoms with Crippen LogP contribution in [0, 0.1) is 0 Å². The Kier molecular flexibility index (Phi) is 5.81. The Bertz CT molecular complexity index is 537. The zero-order chi connectivity index (χ0) is 14.4. The molecule has 0 bridgehead atoms. The maximum atomic E-state index is 5.86. The summed E-state index contributed by atoms with van der Waals surface area (Å²) < 4.78 is 5.80. The Morgan fingerprint density at radius 3 is 2.55 bits per heavy atom. The van der Waals surface area contributed by atoms with Gasteiger partial charge in [-0.05, 0) is 41.8 Å². The van der Waals surface area contributed by atoms with Crippen LogP contribution in [-0.4, -0.2) is 11.9 Å². The third-order valence-electron chi connectivity index (χ3n) is 3.00. The highest BCUT2D eigenvalue weighted by atomic mass is 35.5. The normalized spacial score (nSPS) is 12.2. The molecule has 0 fully saturated rings. The molecule has 0 aliphatic heterocycles. The summed E-state index contributed by atoms with van der Waals surface area (Å²) in [6, 6.07) is 16.1. The summed E-state index contributed by atoms with van der Waals surface area (Å²) in [6.45, 7) is 2.76. The average molecular weight is 307 g/mol. The van der Waals surface area contributed by atoms with E-state index in [9.17, 15) is 0 Å². The van der Waals surface area contributed by atoms with Crippen molar-refractivity contribution in [2.24, 2.45) is 0 Å². The van der Waals surface area contributed by atoms with E-state index in [-0.39, 0.29) is 0 Å². The molecule has 0 spiro atoms. The lowest BCUT2D eigenvalue weighted by molar-refractivity contribution is 0.321. The summed E-state index contributed by atoms with van der Waals surface area (Å²) in [5, 5.41) is 1.13. The summed E-state index contributed by atoms with van der Waals surface area (Å²) in [5.74, 6) is 0.922. The van der Waals surface area contributed by atoms with Crippen LogP contribution >= 0.6 is 24.2 Å². The molecule has 2 aromatic carbocycles. The maximum Gasteiger partial charge on any atom is 0.119 e. The molecule has 0 aliphatic carbocycles. The molecule has 106 valence electrons. The number of benzene rings is 2. The van der Waals surface area contributed by atoms with Crippen LogP contribution < -0.4 is 4.74 Å². The number of hydrogen-bond donors (Lipinski definition) is 1. The molecule has 0 amide bonds. The Hall–Kier alpha value is -1.12. The van der Waals surface area contributed by atoms with Crippen molar-refractivity contribution in [2.75, 3.05) is 6.61 Å². The summed E-state index contributed by atoms with van der Waals surface area (Å²) in [7, 11) is 0. The van der Waals surface area contributed by atoms with E-state index in [1.54, 1.807) is 0 Å². The van der Waals surface area contributed by atoms with Gasteiger partial charge in [0.05, 0.1) is 6.61 Å². The van der Waals surface area contributed by atoms with Crippen LogP contribution in [0.25, 0.3) is 0 Å². The van der Waals surface area contributed by atoms with Crippen LogP contribution in [0.5, 0.6) is 5.75 Å². The Labute approximate surface area is 131 Å². The second-order valence-corrected chi connectivity index (χ2v) is 6.24. The smallest absolute Gasteiger partial charge is 0.119 e. The first-order chi connectivity index (χ1) is 9.63. The lowest BCUT2D eigenvalue weighted by Crippen LogP contribution is -2.02. The quantitative estimate of drug-likeness (QED) is 0.753. The molecule has 1 atom stereocenters. The van der Waals surface area contributed by atoms with Crippen LogP contribution in [0.2, 0.25) is 5.02 Å². The predicted molar refractivity (Wildman–Crippen MR) is 89.2 cm³/mol. The van der Waals surface area contributed by atoms with E-state index in [1.165, 1.54) is 11.1 Å². The van der Waals surface area contributed by atoms with Gasteiger partial charge in [0.15, 0.2) is 0 Å². The molecule has 2 rings (SSSR count). The van der Waals surface area contributed by atoms with Gasteiger partial charge in [0.2, 0.25) is 0 Å². The van der Waals surface area contributed by atoms with Gasteiger partial charge < -0.3 is 4.74 Å². The average Bonchev–Trinajstić information content (AvgIpc) is 2.41. The van der Waals surface area contributed by atoms with Crippen LogP contribution in [0.3, 0.4) is 0 Å². The van der Waals surface area contributed by atoms with E-state index < -0.39 is 0 Å². The molecule has 3 heteroatoms. The number of hydrogen-bond acceptors (Lipinski definition) is 2. The highest BCUT2D eigenvalue weighted by Crippen LogP contribution is 2.17. The molecule has 0 N–H and O–H groups in total. The minimum Gasteiger partial charge on any atom is -0.493 e. The fraction of sp³-hybridized carbons (Fsp3) is 0.294. The van der Waals surface area contributed by atoms with Gasteiger partial charge in [0.25, 0.3) is 0 Å². The second kappa shape index (κ2) is 7.61. The van der Waals surface area contributed by atoms with Crippen molar-refractivity contribution >= 4 is 24.2 Å². The van der Waals surface area contributed by atoms with Crippen molar-refractivity contribution in [1.29, 1.82) is 0 Å². The molecule has 2 aromatic rings. The van der Waals surface area contributed by atoms with E-state index in [4.69, 9.17) is 16.3 Å². The molecule has 0 aliphatic rings. The SMILES string of the molecule is CC(S)Cc1cccc(OCCc2ccc(Cl)cc2)c1. The molecule has 0 heterocycles. The van der Waals surface area contributed by atoms with E-state index >= 15 is 0 Å². The fourth-order valence-corrected chi connectivity index (χ4v) is 2.38. The molecule has 0 saturated heterocycles. The van der Waals surface area contributed by atoms with Crippen molar-refractivity contribution < 1.29 is 4.74 Å². The standard InChI is InChI=1S/C17H19ClOS/c1-13(20)11-15-3-2-4-17(12-15)19-10-9-14-5-7-16(18)8-6-14/h2-8,12-13,20H,9-11H2,1H3. The third kappa shape index (κ3) is 5.10. The minimum absolute atomic E-state index is 0.360. The summed E-state index contributed by atoms with van der Waals surface area (Å²) in [4.78, 5) is 0. The highest BCUT2D eigenvalue weighted by molar-refractivity contribution is 7.80. The highest BCUT2D eigenvalue weighted by Gasteiger charge is 2.01. The van der Waals surface area contributed by atoms with Crippen molar-refractivity contribution in [3.63, 3.8) is 0 Å². The fourth-order valence-electron chi connectivity index (χ4n) is 2.04. The van der Waals surface area contributed by atoms with Crippen LogP contribution in [0.4, 0.5) is 0 Å². The molecule has 0 aromatic heterocycles. The van der Waals surface area contributed by atoms with Crippen LogP contribution in [-0.2, 0) is 12.8 Å². The topological polar surface area (TPSA) is 9.23 Å². The minimum atomic E-state index is 0.360. The van der Waals surface area contributed by atoms with Crippen LogP contribution in [0.1, 0.15) is 18.1 Å². The van der Waals surface area contributed by atoms with E-state index in [0.29, 0.717) is 11.9 Å². The molecular formula is C17H19ClOS. The Balaban J connectivity index is 1.86. The molecular weight excluding hydrogens is 288 g/mol. The van der Waals surface area contributed by atoms with Gasteiger partial charge in [0.1, 0.15) is 5.75 Å². The van der Waals surface area contributed by atoms with Crippen molar-refractivity contribution in [1.82, 2.24) is 0 Å². The first kappa shape index (κ1) is 15.3. The van der Waals surface area contributed by atoms with Gasteiger partial charge in [-0.15, -0.1) is 0 Å². The Morgan fingerprint density at radius 2 is 1.85 bits per heavy atom.